The number of nitrogens with one attached hydrogen (secondary N) is 2. The second kappa shape index (κ2) is 5.67. The van der Waals surface area contributed by atoms with E-state index in [1.807, 2.05) is 6.07 Å². The lowest BCUT2D eigenvalue weighted by Gasteiger charge is -2.28. The van der Waals surface area contributed by atoms with Crippen molar-refractivity contribution < 1.29 is 0 Å². The monoisotopic (exact) mass is 236 g/mol. The third-order valence-corrected chi connectivity index (χ3v) is 2.73. The zero-order valence-corrected chi connectivity index (χ0v) is 10.2. The summed E-state index contributed by atoms with van der Waals surface area (Å²) < 4.78 is 0. The van der Waals surface area contributed by atoms with Gasteiger partial charge >= 0.3 is 0 Å². The van der Waals surface area contributed by atoms with Crippen LogP contribution in [0.3, 0.4) is 0 Å². The summed E-state index contributed by atoms with van der Waals surface area (Å²) >= 11 is 0. The average molecular weight is 236 g/mol. The Labute approximate surface area is 102 Å². The molecule has 1 fully saturated rings. The molecule has 94 valence electrons. The van der Waals surface area contributed by atoms with E-state index in [0.717, 1.165) is 50.8 Å². The molecule has 2 heterocycles. The zero-order chi connectivity index (χ0) is 12.1. The summed E-state index contributed by atoms with van der Waals surface area (Å²) in [4.78, 5) is 10.7. The summed E-state index contributed by atoms with van der Waals surface area (Å²) in [5.74, 6) is 2.06. The van der Waals surface area contributed by atoms with E-state index in [1.165, 1.54) is 0 Å². The van der Waals surface area contributed by atoms with Gasteiger partial charge in [0.1, 0.15) is 11.6 Å². The van der Waals surface area contributed by atoms with Crippen LogP contribution in [-0.4, -0.2) is 42.7 Å². The van der Waals surface area contributed by atoms with Gasteiger partial charge in [0.25, 0.3) is 0 Å². The standard InChI is InChI=1S/C11H20N6/c1-2-3-14-9-8-10(16-11(12)15-9)17-6-4-13-5-7-17/h8,13H,2-7H2,1H3,(H3,12,14,15,16). The predicted molar refractivity (Wildman–Crippen MR) is 70.3 cm³/mol. The molecule has 0 radical (unpaired) electrons. The first-order valence-corrected chi connectivity index (χ1v) is 6.13. The summed E-state index contributed by atoms with van der Waals surface area (Å²) in [6.07, 6.45) is 1.06. The fourth-order valence-corrected chi connectivity index (χ4v) is 1.85. The molecular formula is C11H20N6. The van der Waals surface area contributed by atoms with E-state index in [1.54, 1.807) is 0 Å². The molecule has 0 aliphatic carbocycles. The molecule has 0 aromatic carbocycles. The topological polar surface area (TPSA) is 79.1 Å². The van der Waals surface area contributed by atoms with Crippen LogP contribution >= 0.6 is 0 Å². The van der Waals surface area contributed by atoms with Gasteiger partial charge in [-0.1, -0.05) is 6.92 Å². The fourth-order valence-electron chi connectivity index (χ4n) is 1.85. The number of hydrogen-bond donors (Lipinski definition) is 3. The molecule has 0 unspecified atom stereocenters. The molecule has 1 saturated heterocycles. The maximum absolute atomic E-state index is 5.73. The summed E-state index contributed by atoms with van der Waals surface area (Å²) in [5, 5.41) is 6.56. The van der Waals surface area contributed by atoms with Crippen LogP contribution in [0.4, 0.5) is 17.6 Å². The molecule has 0 saturated carbocycles. The molecule has 6 heteroatoms. The van der Waals surface area contributed by atoms with Gasteiger partial charge in [-0.25, -0.2) is 0 Å². The lowest BCUT2D eigenvalue weighted by atomic mass is 10.3. The van der Waals surface area contributed by atoms with Crippen molar-refractivity contribution in [1.29, 1.82) is 0 Å². The highest BCUT2D eigenvalue weighted by Gasteiger charge is 2.13. The molecule has 1 aromatic rings. The zero-order valence-electron chi connectivity index (χ0n) is 10.2. The Morgan fingerprint density at radius 3 is 2.88 bits per heavy atom. The lowest BCUT2D eigenvalue weighted by molar-refractivity contribution is 0.585. The van der Waals surface area contributed by atoms with Gasteiger partial charge in [-0.05, 0) is 6.42 Å². The van der Waals surface area contributed by atoms with Crippen LogP contribution in [0.15, 0.2) is 6.07 Å². The number of aromatic nitrogens is 2. The summed E-state index contributed by atoms with van der Waals surface area (Å²) in [6.45, 7) is 6.92. The second-order valence-electron chi connectivity index (χ2n) is 4.13. The molecule has 17 heavy (non-hydrogen) atoms. The first kappa shape index (κ1) is 11.9. The minimum atomic E-state index is 0.333. The van der Waals surface area contributed by atoms with Gasteiger partial charge in [-0.2, -0.15) is 9.97 Å². The van der Waals surface area contributed by atoms with E-state index in [0.29, 0.717) is 5.95 Å². The van der Waals surface area contributed by atoms with Crippen LogP contribution in [0, 0.1) is 0 Å². The van der Waals surface area contributed by atoms with E-state index in [9.17, 15) is 0 Å². The van der Waals surface area contributed by atoms with Crippen molar-refractivity contribution in [2.75, 3.05) is 48.7 Å². The molecule has 0 atom stereocenters. The number of hydrogen-bond acceptors (Lipinski definition) is 6. The Morgan fingerprint density at radius 1 is 1.41 bits per heavy atom. The molecule has 0 bridgehead atoms. The normalized spacial score (nSPS) is 15.9. The van der Waals surface area contributed by atoms with Crippen molar-refractivity contribution in [2.45, 2.75) is 13.3 Å². The van der Waals surface area contributed by atoms with Crippen molar-refractivity contribution in [3.05, 3.63) is 6.07 Å². The molecular weight excluding hydrogens is 216 g/mol. The molecule has 1 aliphatic rings. The lowest BCUT2D eigenvalue weighted by Crippen LogP contribution is -2.44. The van der Waals surface area contributed by atoms with Crippen LogP contribution in [0.5, 0.6) is 0 Å². The summed E-state index contributed by atoms with van der Waals surface area (Å²) in [6, 6.07) is 1.97. The maximum Gasteiger partial charge on any atom is 0.223 e. The van der Waals surface area contributed by atoms with Gasteiger partial charge < -0.3 is 21.3 Å². The highest BCUT2D eigenvalue weighted by molar-refractivity contribution is 5.52. The molecule has 1 aliphatic heterocycles. The second-order valence-corrected chi connectivity index (χ2v) is 4.13. The molecule has 4 N–H and O–H groups in total. The van der Waals surface area contributed by atoms with Gasteiger partial charge in [0.05, 0.1) is 0 Å². The van der Waals surface area contributed by atoms with Crippen molar-refractivity contribution in [2.24, 2.45) is 0 Å². The van der Waals surface area contributed by atoms with Crippen molar-refractivity contribution in [3.63, 3.8) is 0 Å². The van der Waals surface area contributed by atoms with Crippen LogP contribution in [0.25, 0.3) is 0 Å². The minimum Gasteiger partial charge on any atom is -0.370 e. The molecule has 0 spiro atoms. The Hall–Kier alpha value is -1.56. The third-order valence-electron chi connectivity index (χ3n) is 2.73. The quantitative estimate of drug-likeness (QED) is 0.697. The van der Waals surface area contributed by atoms with Crippen LogP contribution in [0.2, 0.25) is 0 Å². The van der Waals surface area contributed by atoms with E-state index < -0.39 is 0 Å². The first-order chi connectivity index (χ1) is 8.29. The Bertz CT molecular complexity index is 361. The van der Waals surface area contributed by atoms with Gasteiger partial charge in [-0.3, -0.25) is 0 Å². The summed E-state index contributed by atoms with van der Waals surface area (Å²) in [5.41, 5.74) is 5.73. The molecule has 2 rings (SSSR count). The maximum atomic E-state index is 5.73. The van der Waals surface area contributed by atoms with Gasteiger partial charge in [-0.15, -0.1) is 0 Å². The van der Waals surface area contributed by atoms with Crippen LogP contribution in [-0.2, 0) is 0 Å². The SMILES string of the molecule is CCCNc1cc(N2CCNCC2)nc(N)n1. The Morgan fingerprint density at radius 2 is 2.18 bits per heavy atom. The fraction of sp³-hybridized carbons (Fsp3) is 0.636. The Balaban J connectivity index is 2.12. The van der Waals surface area contributed by atoms with Gasteiger partial charge in [0, 0.05) is 38.8 Å². The van der Waals surface area contributed by atoms with E-state index in [4.69, 9.17) is 5.73 Å². The number of rotatable bonds is 4. The number of piperazine rings is 1. The van der Waals surface area contributed by atoms with Crippen molar-refractivity contribution in [3.8, 4) is 0 Å². The van der Waals surface area contributed by atoms with E-state index in [2.05, 4.69) is 32.4 Å². The number of nitrogens with zero attached hydrogens (tertiary/aromatic N) is 3. The van der Waals surface area contributed by atoms with Crippen LogP contribution < -0.4 is 21.3 Å². The first-order valence-electron chi connectivity index (χ1n) is 6.13. The molecule has 6 nitrogen and oxygen atoms in total. The van der Waals surface area contributed by atoms with Crippen molar-refractivity contribution in [1.82, 2.24) is 15.3 Å². The largest absolute Gasteiger partial charge is 0.370 e. The third kappa shape index (κ3) is 3.20. The van der Waals surface area contributed by atoms with Crippen molar-refractivity contribution >= 4 is 17.6 Å². The number of nitrogens with two attached hydrogens (primary N) is 1. The van der Waals surface area contributed by atoms with Crippen LogP contribution in [0.1, 0.15) is 13.3 Å². The van der Waals surface area contributed by atoms with E-state index in [-0.39, 0.29) is 0 Å². The van der Waals surface area contributed by atoms with Gasteiger partial charge in [0.15, 0.2) is 0 Å². The van der Waals surface area contributed by atoms with E-state index >= 15 is 0 Å². The smallest absolute Gasteiger partial charge is 0.223 e. The number of anilines is 3. The molecule has 0 amide bonds. The molecule has 1 aromatic heterocycles. The average Bonchev–Trinajstić information content (AvgIpc) is 2.37. The Kier molecular flexibility index (Phi) is 3.98. The highest BCUT2D eigenvalue weighted by atomic mass is 15.3. The van der Waals surface area contributed by atoms with Gasteiger partial charge in [0.2, 0.25) is 5.95 Å². The summed E-state index contributed by atoms with van der Waals surface area (Å²) in [7, 11) is 0. The minimum absolute atomic E-state index is 0.333. The highest BCUT2D eigenvalue weighted by Crippen LogP contribution is 2.17. The predicted octanol–water partition coefficient (Wildman–Crippen LogP) is 0.290. The number of nitrogen functional groups attached to an aromatic ring is 1.